The van der Waals surface area contributed by atoms with Crippen molar-refractivity contribution < 1.29 is 4.74 Å². The highest BCUT2D eigenvalue weighted by Gasteiger charge is 2.28. The van der Waals surface area contributed by atoms with Gasteiger partial charge in [-0.3, -0.25) is 0 Å². The molecule has 2 aliphatic carbocycles. The third kappa shape index (κ3) is 4.22. The lowest BCUT2D eigenvalue weighted by atomic mass is 9.83. The first-order valence-corrected chi connectivity index (χ1v) is 9.84. The Hall–Kier alpha value is -1.42. The molecule has 2 atom stereocenters. The Bertz CT molecular complexity index is 620. The first kappa shape index (κ1) is 18.4. The molecule has 3 heteroatoms. The van der Waals surface area contributed by atoms with E-state index in [9.17, 15) is 0 Å². The van der Waals surface area contributed by atoms with Crippen LogP contribution < -0.4 is 5.32 Å². The summed E-state index contributed by atoms with van der Waals surface area (Å²) in [5, 5.41) is 3.81. The largest absolute Gasteiger partial charge is 0.365 e. The summed E-state index contributed by atoms with van der Waals surface area (Å²) >= 11 is 0. The van der Waals surface area contributed by atoms with E-state index in [1.807, 2.05) is 0 Å². The monoisotopic (exact) mass is 340 g/mol. The number of hydrogen-bond donors (Lipinski definition) is 1. The van der Waals surface area contributed by atoms with Gasteiger partial charge in [-0.05, 0) is 48.2 Å². The van der Waals surface area contributed by atoms with Gasteiger partial charge in [-0.25, -0.2) is 0 Å². The van der Waals surface area contributed by atoms with Crippen LogP contribution in [-0.4, -0.2) is 49.8 Å². The van der Waals surface area contributed by atoms with Gasteiger partial charge in [0.2, 0.25) is 0 Å². The Labute approximate surface area is 152 Å². The number of ether oxygens (including phenoxy) is 1. The standard InChI is InChI=1S/C22H32N2O/c1-4-17-10-11-21-19(16-17)22-18(12-15-25-21)8-7-9-20(22)23-13-14-24(5-2)6-3/h7-8,10-12,16,20-21,23H,4-6,9,13-15H2,1-3H3. The highest BCUT2D eigenvalue weighted by molar-refractivity contribution is 5.56. The summed E-state index contributed by atoms with van der Waals surface area (Å²) in [7, 11) is 0. The summed E-state index contributed by atoms with van der Waals surface area (Å²) in [5.74, 6) is 0. The summed E-state index contributed by atoms with van der Waals surface area (Å²) in [4.78, 5) is 2.47. The van der Waals surface area contributed by atoms with Crippen LogP contribution in [0.4, 0.5) is 0 Å². The van der Waals surface area contributed by atoms with Gasteiger partial charge in [0.1, 0.15) is 6.10 Å². The first-order chi connectivity index (χ1) is 12.3. The molecule has 0 radical (unpaired) electrons. The summed E-state index contributed by atoms with van der Waals surface area (Å²) in [6, 6.07) is 0.381. The SMILES string of the molecule is CCC1=CC2=C3C(=CCOC2C=C1)C=CCC3NCCN(CC)CC. The Kier molecular flexibility index (Phi) is 6.46. The third-order valence-corrected chi connectivity index (χ3v) is 5.47. The Morgan fingerprint density at radius 3 is 2.80 bits per heavy atom. The van der Waals surface area contributed by atoms with Crippen molar-refractivity contribution in [3.63, 3.8) is 0 Å². The molecule has 0 saturated carbocycles. The van der Waals surface area contributed by atoms with Gasteiger partial charge in [-0.1, -0.05) is 57.2 Å². The lowest BCUT2D eigenvalue weighted by molar-refractivity contribution is 0.137. The number of nitrogens with one attached hydrogen (secondary N) is 1. The van der Waals surface area contributed by atoms with E-state index in [0.717, 1.165) is 39.0 Å². The Balaban J connectivity index is 1.84. The number of nitrogens with zero attached hydrogens (tertiary/aromatic N) is 1. The summed E-state index contributed by atoms with van der Waals surface area (Å²) in [6.07, 6.45) is 15.8. The molecule has 0 bridgehead atoms. The van der Waals surface area contributed by atoms with E-state index in [1.165, 1.54) is 22.3 Å². The average Bonchev–Trinajstić information content (AvgIpc) is 2.84. The molecule has 1 N–H and O–H groups in total. The van der Waals surface area contributed by atoms with Crippen LogP contribution in [0.1, 0.15) is 33.6 Å². The Morgan fingerprint density at radius 2 is 2.04 bits per heavy atom. The number of rotatable bonds is 7. The van der Waals surface area contributed by atoms with E-state index in [2.05, 4.69) is 67.4 Å². The van der Waals surface area contributed by atoms with E-state index >= 15 is 0 Å². The van der Waals surface area contributed by atoms with Crippen LogP contribution in [-0.2, 0) is 4.74 Å². The van der Waals surface area contributed by atoms with Crippen molar-refractivity contribution in [1.82, 2.24) is 10.2 Å². The van der Waals surface area contributed by atoms with Crippen molar-refractivity contribution in [2.75, 3.05) is 32.8 Å². The van der Waals surface area contributed by atoms with Crippen molar-refractivity contribution in [3.05, 3.63) is 58.7 Å². The van der Waals surface area contributed by atoms with Gasteiger partial charge >= 0.3 is 0 Å². The zero-order chi connectivity index (χ0) is 17.6. The molecule has 2 unspecified atom stereocenters. The number of allylic oxidation sites excluding steroid dienone is 3. The fourth-order valence-corrected chi connectivity index (χ4v) is 3.89. The molecule has 0 saturated heterocycles. The van der Waals surface area contributed by atoms with Gasteiger partial charge in [-0.15, -0.1) is 0 Å². The molecule has 136 valence electrons. The first-order valence-electron chi connectivity index (χ1n) is 9.84. The molecule has 0 aromatic carbocycles. The second-order valence-corrected chi connectivity index (χ2v) is 6.89. The van der Waals surface area contributed by atoms with Crippen LogP contribution in [0.2, 0.25) is 0 Å². The second kappa shape index (κ2) is 8.79. The van der Waals surface area contributed by atoms with E-state index in [4.69, 9.17) is 4.74 Å². The molecule has 0 fully saturated rings. The van der Waals surface area contributed by atoms with Crippen LogP contribution >= 0.6 is 0 Å². The summed E-state index contributed by atoms with van der Waals surface area (Å²) < 4.78 is 6.08. The molecule has 1 aliphatic heterocycles. The molecule has 25 heavy (non-hydrogen) atoms. The summed E-state index contributed by atoms with van der Waals surface area (Å²) in [5.41, 5.74) is 5.53. The fraction of sp³-hybridized carbons (Fsp3) is 0.545. The zero-order valence-corrected chi connectivity index (χ0v) is 15.9. The van der Waals surface area contributed by atoms with E-state index < -0.39 is 0 Å². The van der Waals surface area contributed by atoms with Crippen molar-refractivity contribution in [2.24, 2.45) is 0 Å². The molecule has 0 spiro atoms. The molecule has 0 aromatic heterocycles. The minimum absolute atomic E-state index is 0.0950. The molecule has 0 amide bonds. The van der Waals surface area contributed by atoms with E-state index in [1.54, 1.807) is 0 Å². The minimum Gasteiger partial charge on any atom is -0.365 e. The highest BCUT2D eigenvalue weighted by atomic mass is 16.5. The van der Waals surface area contributed by atoms with Crippen molar-refractivity contribution >= 4 is 0 Å². The van der Waals surface area contributed by atoms with Crippen LogP contribution in [0.3, 0.4) is 0 Å². The minimum atomic E-state index is 0.0950. The third-order valence-electron chi connectivity index (χ3n) is 5.47. The maximum Gasteiger partial charge on any atom is 0.102 e. The molecule has 3 rings (SSSR count). The van der Waals surface area contributed by atoms with Gasteiger partial charge in [0, 0.05) is 19.1 Å². The van der Waals surface area contributed by atoms with Crippen molar-refractivity contribution in [1.29, 1.82) is 0 Å². The maximum absolute atomic E-state index is 6.08. The predicted molar refractivity (Wildman–Crippen MR) is 106 cm³/mol. The number of hydrogen-bond acceptors (Lipinski definition) is 3. The van der Waals surface area contributed by atoms with Crippen LogP contribution in [0, 0.1) is 0 Å². The predicted octanol–water partition coefficient (Wildman–Crippen LogP) is 3.77. The molecule has 0 aromatic rings. The van der Waals surface area contributed by atoms with Gasteiger partial charge in [-0.2, -0.15) is 0 Å². The maximum atomic E-state index is 6.08. The molecule has 1 heterocycles. The topological polar surface area (TPSA) is 24.5 Å². The van der Waals surface area contributed by atoms with Gasteiger partial charge in [0.15, 0.2) is 0 Å². The van der Waals surface area contributed by atoms with Gasteiger partial charge in [0.25, 0.3) is 0 Å². The van der Waals surface area contributed by atoms with Crippen LogP contribution in [0.15, 0.2) is 58.7 Å². The zero-order valence-electron chi connectivity index (χ0n) is 15.9. The van der Waals surface area contributed by atoms with E-state index in [-0.39, 0.29) is 6.10 Å². The molecular formula is C22H32N2O. The van der Waals surface area contributed by atoms with Gasteiger partial charge < -0.3 is 15.0 Å². The number of fused-ring (bicyclic) bond motifs is 2. The fourth-order valence-electron chi connectivity index (χ4n) is 3.89. The van der Waals surface area contributed by atoms with Crippen molar-refractivity contribution in [2.45, 2.75) is 45.8 Å². The highest BCUT2D eigenvalue weighted by Crippen LogP contribution is 2.35. The molecule has 3 nitrogen and oxygen atoms in total. The van der Waals surface area contributed by atoms with Crippen molar-refractivity contribution in [3.8, 4) is 0 Å². The lowest BCUT2D eigenvalue weighted by Gasteiger charge is -2.30. The average molecular weight is 341 g/mol. The second-order valence-electron chi connectivity index (χ2n) is 6.89. The Morgan fingerprint density at radius 1 is 1.20 bits per heavy atom. The lowest BCUT2D eigenvalue weighted by Crippen LogP contribution is -2.39. The quantitative estimate of drug-likeness (QED) is 0.763. The van der Waals surface area contributed by atoms with Crippen LogP contribution in [0.5, 0.6) is 0 Å². The van der Waals surface area contributed by atoms with Crippen LogP contribution in [0.25, 0.3) is 0 Å². The normalized spacial score (nSPS) is 25.4. The smallest absolute Gasteiger partial charge is 0.102 e. The van der Waals surface area contributed by atoms with E-state index in [0.29, 0.717) is 12.6 Å². The van der Waals surface area contributed by atoms with Gasteiger partial charge in [0.05, 0.1) is 6.61 Å². The number of likely N-dealkylation sites (N-methyl/N-ethyl adjacent to an activating group) is 1. The molecule has 3 aliphatic rings. The molecular weight excluding hydrogens is 308 g/mol. The summed E-state index contributed by atoms with van der Waals surface area (Å²) in [6.45, 7) is 11.7.